The minimum atomic E-state index is -1.57. The second kappa shape index (κ2) is 47.8. The third-order valence-electron chi connectivity index (χ3n) is 13.4. The summed E-state index contributed by atoms with van der Waals surface area (Å²) < 4.78 is 11.3. The monoisotopic (exact) mass is 946 g/mol. The van der Waals surface area contributed by atoms with Gasteiger partial charge in [0.1, 0.15) is 24.4 Å². The number of unbranched alkanes of at least 4 members (excludes halogenated alkanes) is 32. The zero-order chi connectivity index (χ0) is 48.7. The second-order valence-corrected chi connectivity index (χ2v) is 19.7. The van der Waals surface area contributed by atoms with Gasteiger partial charge in [0.15, 0.2) is 6.29 Å². The fraction of sp³-hybridized carbons (Fsp3) is 0.845. The number of nitrogens with one attached hydrogen (secondary N) is 1. The lowest BCUT2D eigenvalue weighted by Gasteiger charge is -2.40. The van der Waals surface area contributed by atoms with E-state index in [0.29, 0.717) is 6.42 Å². The molecule has 1 fully saturated rings. The van der Waals surface area contributed by atoms with Crippen LogP contribution in [0.2, 0.25) is 0 Å². The standard InChI is InChI=1S/C58H107NO8/c1-3-5-7-9-11-13-15-17-19-21-23-24-25-26-27-28-30-32-34-36-38-40-42-44-46-48-54(62)59-51(50-66-58-57(65)56(64)55(63)53(49-60)67-58)52(61)47-45-43-41-39-37-35-33-31-29-22-20-18-16-14-12-10-8-6-4-2/h15,17,21,23,25-26,45,47,51-53,55-58,60-61,63-65H,3-14,16,18-20,22,24,27-44,46,48-50H2,1-2H3,(H,59,62)/b17-15-,23-21-,26-25-,47-45+. The van der Waals surface area contributed by atoms with E-state index in [9.17, 15) is 30.3 Å². The number of allylic oxidation sites excluding steroid dienone is 7. The smallest absolute Gasteiger partial charge is 0.220 e. The number of carbonyl (C=O) groups excluding carboxylic acids is 1. The van der Waals surface area contributed by atoms with Crippen molar-refractivity contribution in [3.63, 3.8) is 0 Å². The number of rotatable bonds is 48. The van der Waals surface area contributed by atoms with Crippen LogP contribution in [-0.4, -0.2) is 87.5 Å². The molecule has 0 spiro atoms. The van der Waals surface area contributed by atoms with E-state index < -0.39 is 49.5 Å². The molecule has 1 rings (SSSR count). The fourth-order valence-corrected chi connectivity index (χ4v) is 8.87. The summed E-state index contributed by atoms with van der Waals surface area (Å²) in [6.07, 6.45) is 55.9. The Hall–Kier alpha value is -1.85. The molecule has 0 saturated carbocycles. The van der Waals surface area contributed by atoms with Gasteiger partial charge in [0.25, 0.3) is 0 Å². The zero-order valence-corrected chi connectivity index (χ0v) is 43.4. The molecule has 1 aliphatic heterocycles. The first-order valence-corrected chi connectivity index (χ1v) is 28.4. The molecule has 0 aliphatic carbocycles. The van der Waals surface area contributed by atoms with Gasteiger partial charge in [-0.1, -0.05) is 242 Å². The lowest BCUT2D eigenvalue weighted by molar-refractivity contribution is -0.302. The highest BCUT2D eigenvalue weighted by molar-refractivity contribution is 5.76. The summed E-state index contributed by atoms with van der Waals surface area (Å²) in [5.41, 5.74) is 0. The Kier molecular flexibility index (Phi) is 45.1. The number of hydrogen-bond acceptors (Lipinski definition) is 8. The maximum atomic E-state index is 13.0. The normalized spacial score (nSPS) is 20.0. The molecule has 7 atom stereocenters. The molecule has 9 nitrogen and oxygen atoms in total. The number of ether oxygens (including phenoxy) is 2. The number of carbonyl (C=O) groups is 1. The Balaban J connectivity index is 2.25. The van der Waals surface area contributed by atoms with Crippen molar-refractivity contribution in [2.45, 2.75) is 301 Å². The predicted molar refractivity (Wildman–Crippen MR) is 281 cm³/mol. The average Bonchev–Trinajstić information content (AvgIpc) is 3.33. The quantitative estimate of drug-likeness (QED) is 0.0261. The molecule has 0 radical (unpaired) electrons. The number of amides is 1. The second-order valence-electron chi connectivity index (χ2n) is 19.7. The van der Waals surface area contributed by atoms with Gasteiger partial charge in [0.2, 0.25) is 5.91 Å². The summed E-state index contributed by atoms with van der Waals surface area (Å²) in [5, 5.41) is 54.5. The van der Waals surface area contributed by atoms with Crippen LogP contribution in [0.5, 0.6) is 0 Å². The molecule has 67 heavy (non-hydrogen) atoms. The highest BCUT2D eigenvalue weighted by Crippen LogP contribution is 2.23. The molecule has 0 aromatic heterocycles. The van der Waals surface area contributed by atoms with E-state index in [1.807, 2.05) is 6.08 Å². The van der Waals surface area contributed by atoms with Gasteiger partial charge < -0.3 is 40.3 Å². The Morgan fingerprint density at radius 1 is 0.507 bits per heavy atom. The Morgan fingerprint density at radius 2 is 0.881 bits per heavy atom. The molecule has 1 amide bonds. The van der Waals surface area contributed by atoms with Crippen LogP contribution in [0.15, 0.2) is 48.6 Å². The van der Waals surface area contributed by atoms with E-state index in [1.165, 1.54) is 186 Å². The molecule has 9 heteroatoms. The highest BCUT2D eigenvalue weighted by atomic mass is 16.7. The summed E-state index contributed by atoms with van der Waals surface area (Å²) in [7, 11) is 0. The van der Waals surface area contributed by atoms with Gasteiger partial charge in [0, 0.05) is 6.42 Å². The van der Waals surface area contributed by atoms with Crippen molar-refractivity contribution in [1.82, 2.24) is 5.32 Å². The first kappa shape index (κ1) is 63.2. The molecule has 1 heterocycles. The van der Waals surface area contributed by atoms with Gasteiger partial charge in [0.05, 0.1) is 25.4 Å². The van der Waals surface area contributed by atoms with Crippen molar-refractivity contribution in [2.75, 3.05) is 13.2 Å². The summed E-state index contributed by atoms with van der Waals surface area (Å²) >= 11 is 0. The van der Waals surface area contributed by atoms with Crippen molar-refractivity contribution < 1.29 is 39.8 Å². The largest absolute Gasteiger partial charge is 0.394 e. The Bertz CT molecular complexity index is 1190. The molecule has 0 aromatic carbocycles. The van der Waals surface area contributed by atoms with Gasteiger partial charge >= 0.3 is 0 Å². The van der Waals surface area contributed by atoms with Crippen LogP contribution < -0.4 is 5.32 Å². The van der Waals surface area contributed by atoms with E-state index in [4.69, 9.17) is 9.47 Å². The fourth-order valence-electron chi connectivity index (χ4n) is 8.87. The van der Waals surface area contributed by atoms with Crippen LogP contribution in [-0.2, 0) is 14.3 Å². The maximum Gasteiger partial charge on any atom is 0.220 e. The SMILES string of the molecule is CCCCCCC/C=C\C/C=C\C/C=C\CCCCCCCCCCCCC(=O)NC(COC1OC(CO)C(O)C(O)C1O)C(O)/C=C/CCCCCCCCCCCCCCCCCCC. The number of aliphatic hydroxyl groups is 5. The van der Waals surface area contributed by atoms with Crippen molar-refractivity contribution in [1.29, 1.82) is 0 Å². The lowest BCUT2D eigenvalue weighted by Crippen LogP contribution is -2.60. The van der Waals surface area contributed by atoms with Crippen molar-refractivity contribution in [2.24, 2.45) is 0 Å². The Labute approximate surface area is 412 Å². The molecule has 392 valence electrons. The van der Waals surface area contributed by atoms with Crippen molar-refractivity contribution >= 4 is 5.91 Å². The molecular weight excluding hydrogens is 839 g/mol. The van der Waals surface area contributed by atoms with Crippen LogP contribution in [0.4, 0.5) is 0 Å². The van der Waals surface area contributed by atoms with Crippen LogP contribution in [0.3, 0.4) is 0 Å². The van der Waals surface area contributed by atoms with E-state index in [0.717, 1.165) is 51.4 Å². The van der Waals surface area contributed by atoms with Crippen molar-refractivity contribution in [3.05, 3.63) is 48.6 Å². The summed E-state index contributed by atoms with van der Waals surface area (Å²) in [5.74, 6) is -0.180. The Morgan fingerprint density at radius 3 is 1.30 bits per heavy atom. The van der Waals surface area contributed by atoms with Crippen molar-refractivity contribution in [3.8, 4) is 0 Å². The number of hydrogen-bond donors (Lipinski definition) is 6. The minimum absolute atomic E-state index is 0.180. The van der Waals surface area contributed by atoms with Gasteiger partial charge in [-0.15, -0.1) is 0 Å². The van der Waals surface area contributed by atoms with Crippen LogP contribution >= 0.6 is 0 Å². The molecule has 1 aliphatic rings. The first-order valence-electron chi connectivity index (χ1n) is 28.4. The molecule has 0 aromatic rings. The van der Waals surface area contributed by atoms with E-state index >= 15 is 0 Å². The third kappa shape index (κ3) is 37.6. The van der Waals surface area contributed by atoms with Gasteiger partial charge in [-0.25, -0.2) is 0 Å². The van der Waals surface area contributed by atoms with Gasteiger partial charge in [-0.05, 0) is 57.8 Å². The topological polar surface area (TPSA) is 149 Å². The van der Waals surface area contributed by atoms with E-state index in [2.05, 4.69) is 55.6 Å². The lowest BCUT2D eigenvalue weighted by atomic mass is 9.99. The number of aliphatic hydroxyl groups excluding tert-OH is 5. The highest BCUT2D eigenvalue weighted by Gasteiger charge is 2.44. The molecule has 7 unspecified atom stereocenters. The zero-order valence-electron chi connectivity index (χ0n) is 43.4. The van der Waals surface area contributed by atoms with Crippen LogP contribution in [0, 0.1) is 0 Å². The minimum Gasteiger partial charge on any atom is -0.394 e. The third-order valence-corrected chi connectivity index (χ3v) is 13.4. The molecular formula is C58H107NO8. The molecule has 0 bridgehead atoms. The summed E-state index contributed by atoms with van der Waals surface area (Å²) in [4.78, 5) is 13.0. The van der Waals surface area contributed by atoms with E-state index in [-0.39, 0.29) is 12.5 Å². The molecule has 6 N–H and O–H groups in total. The maximum absolute atomic E-state index is 13.0. The summed E-state index contributed by atoms with van der Waals surface area (Å²) in [6.45, 7) is 3.78. The predicted octanol–water partition coefficient (Wildman–Crippen LogP) is 13.7. The average molecular weight is 946 g/mol. The molecule has 1 saturated heterocycles. The van der Waals surface area contributed by atoms with Crippen LogP contribution in [0.1, 0.15) is 258 Å². The first-order chi connectivity index (χ1) is 32.8. The van der Waals surface area contributed by atoms with Gasteiger partial charge in [-0.3, -0.25) is 4.79 Å². The van der Waals surface area contributed by atoms with Crippen LogP contribution in [0.25, 0.3) is 0 Å². The van der Waals surface area contributed by atoms with E-state index in [1.54, 1.807) is 6.08 Å². The summed E-state index contributed by atoms with van der Waals surface area (Å²) in [6, 6.07) is -0.808. The van der Waals surface area contributed by atoms with Gasteiger partial charge in [-0.2, -0.15) is 0 Å².